The maximum absolute atomic E-state index is 12.2. The molecule has 1 aromatic carbocycles. The molecule has 2 heterocycles. The van der Waals surface area contributed by atoms with Gasteiger partial charge in [0.25, 0.3) is 0 Å². The molecule has 7 nitrogen and oxygen atoms in total. The van der Waals surface area contributed by atoms with Crippen LogP contribution in [0.25, 0.3) is 11.1 Å². The molecule has 0 unspecified atom stereocenters. The minimum atomic E-state index is -0.971. The summed E-state index contributed by atoms with van der Waals surface area (Å²) in [5.74, 6) is -0.0430. The van der Waals surface area contributed by atoms with Gasteiger partial charge in [-0.2, -0.15) is 0 Å². The highest BCUT2D eigenvalue weighted by molar-refractivity contribution is 5.95. The number of rotatable bonds is 9. The predicted molar refractivity (Wildman–Crippen MR) is 109 cm³/mol. The number of ketones is 1. The van der Waals surface area contributed by atoms with E-state index in [1.54, 1.807) is 35.1 Å². The number of carbonyl (C=O) groups is 2. The first-order chi connectivity index (χ1) is 14.0. The summed E-state index contributed by atoms with van der Waals surface area (Å²) < 4.78 is 1.78. The molecular formula is C22H24N4O3. The van der Waals surface area contributed by atoms with E-state index < -0.39 is 5.97 Å². The predicted octanol–water partition coefficient (Wildman–Crippen LogP) is 4.02. The van der Waals surface area contributed by atoms with Crippen molar-refractivity contribution in [1.29, 1.82) is 0 Å². The number of carboxylic acids is 1. The molecule has 0 bridgehead atoms. The number of aryl methyl sites for hydroxylation is 1. The lowest BCUT2D eigenvalue weighted by atomic mass is 10.0. The Morgan fingerprint density at radius 2 is 1.86 bits per heavy atom. The second-order valence-corrected chi connectivity index (χ2v) is 6.81. The van der Waals surface area contributed by atoms with Gasteiger partial charge in [0, 0.05) is 36.8 Å². The monoisotopic (exact) mass is 392 g/mol. The summed E-state index contributed by atoms with van der Waals surface area (Å²) in [5.41, 5.74) is 2.38. The summed E-state index contributed by atoms with van der Waals surface area (Å²) >= 11 is 0. The van der Waals surface area contributed by atoms with E-state index >= 15 is 0 Å². The van der Waals surface area contributed by atoms with Crippen LogP contribution in [0.15, 0.2) is 42.6 Å². The molecule has 0 saturated heterocycles. The highest BCUT2D eigenvalue weighted by Gasteiger charge is 2.16. The SMILES string of the molecule is CCCC(=O)c1nc(Cc2ccc(-c3ccccc3C(=O)O)cn2)n(CCC)n1. The van der Waals surface area contributed by atoms with Crippen LogP contribution in [0.2, 0.25) is 0 Å². The van der Waals surface area contributed by atoms with Crippen molar-refractivity contribution in [1.82, 2.24) is 19.7 Å². The normalized spacial score (nSPS) is 10.8. The molecule has 2 aromatic heterocycles. The standard InChI is InChI=1S/C22H24N4O3/c1-3-7-19(27)21-24-20(26(25-21)12-4-2)13-16-11-10-15(14-23-16)17-8-5-6-9-18(17)22(28)29/h5-6,8-11,14H,3-4,7,12-13H2,1-2H3,(H,28,29). The molecule has 0 aliphatic heterocycles. The van der Waals surface area contributed by atoms with Crippen molar-refractivity contribution in [2.75, 3.05) is 0 Å². The zero-order valence-electron chi connectivity index (χ0n) is 16.6. The number of aromatic nitrogens is 4. The van der Waals surface area contributed by atoms with Crippen LogP contribution < -0.4 is 0 Å². The van der Waals surface area contributed by atoms with Gasteiger partial charge in [0.2, 0.25) is 11.6 Å². The van der Waals surface area contributed by atoms with Crippen LogP contribution in [-0.4, -0.2) is 36.6 Å². The van der Waals surface area contributed by atoms with Crippen LogP contribution in [-0.2, 0) is 13.0 Å². The van der Waals surface area contributed by atoms with Crippen molar-refractivity contribution in [3.8, 4) is 11.1 Å². The Hall–Kier alpha value is -3.35. The van der Waals surface area contributed by atoms with Crippen molar-refractivity contribution in [2.45, 2.75) is 46.1 Å². The van der Waals surface area contributed by atoms with Gasteiger partial charge in [0.05, 0.1) is 5.56 Å². The molecule has 150 valence electrons. The highest BCUT2D eigenvalue weighted by Crippen LogP contribution is 2.23. The summed E-state index contributed by atoms with van der Waals surface area (Å²) in [7, 11) is 0. The second-order valence-electron chi connectivity index (χ2n) is 6.81. The van der Waals surface area contributed by atoms with Crippen molar-refractivity contribution in [2.24, 2.45) is 0 Å². The first-order valence-electron chi connectivity index (χ1n) is 9.78. The molecular weight excluding hydrogens is 368 g/mol. The van der Waals surface area contributed by atoms with E-state index in [0.29, 0.717) is 30.8 Å². The molecule has 7 heteroatoms. The van der Waals surface area contributed by atoms with Gasteiger partial charge in [-0.1, -0.05) is 38.1 Å². The maximum atomic E-state index is 12.2. The first-order valence-corrected chi connectivity index (χ1v) is 9.78. The van der Waals surface area contributed by atoms with E-state index in [-0.39, 0.29) is 17.2 Å². The van der Waals surface area contributed by atoms with E-state index in [1.165, 1.54) is 0 Å². The number of aromatic carboxylic acids is 1. The molecule has 3 aromatic rings. The molecule has 0 aliphatic carbocycles. The van der Waals surface area contributed by atoms with Crippen LogP contribution in [0.1, 0.15) is 65.6 Å². The lowest BCUT2D eigenvalue weighted by molar-refractivity contribution is 0.0697. The number of hydrogen-bond donors (Lipinski definition) is 1. The summed E-state index contributed by atoms with van der Waals surface area (Å²) in [6.45, 7) is 4.69. The fraction of sp³-hybridized carbons (Fsp3) is 0.318. The number of nitrogens with zero attached hydrogens (tertiary/aromatic N) is 4. The fourth-order valence-electron chi connectivity index (χ4n) is 3.12. The minimum Gasteiger partial charge on any atom is -0.478 e. The van der Waals surface area contributed by atoms with E-state index in [1.807, 2.05) is 26.0 Å². The third-order valence-electron chi connectivity index (χ3n) is 4.54. The number of Topliss-reactive ketones (excluding diaryl/α,β-unsaturated/α-hetero) is 1. The number of hydrogen-bond acceptors (Lipinski definition) is 5. The van der Waals surface area contributed by atoms with Crippen LogP contribution in [0, 0.1) is 0 Å². The molecule has 0 saturated carbocycles. The highest BCUT2D eigenvalue weighted by atomic mass is 16.4. The average molecular weight is 392 g/mol. The van der Waals surface area contributed by atoms with E-state index in [4.69, 9.17) is 0 Å². The van der Waals surface area contributed by atoms with Gasteiger partial charge in [-0.25, -0.2) is 14.5 Å². The van der Waals surface area contributed by atoms with E-state index in [0.717, 1.165) is 24.1 Å². The van der Waals surface area contributed by atoms with Crippen LogP contribution in [0.5, 0.6) is 0 Å². The molecule has 3 rings (SSSR count). The smallest absolute Gasteiger partial charge is 0.336 e. The van der Waals surface area contributed by atoms with Crippen molar-refractivity contribution < 1.29 is 14.7 Å². The van der Waals surface area contributed by atoms with E-state index in [2.05, 4.69) is 15.1 Å². The van der Waals surface area contributed by atoms with Gasteiger partial charge in [-0.05, 0) is 30.5 Å². The van der Waals surface area contributed by atoms with Gasteiger partial charge in [0.15, 0.2) is 0 Å². The largest absolute Gasteiger partial charge is 0.478 e. The fourth-order valence-corrected chi connectivity index (χ4v) is 3.12. The lowest BCUT2D eigenvalue weighted by Gasteiger charge is -2.07. The van der Waals surface area contributed by atoms with Crippen molar-refractivity contribution >= 4 is 11.8 Å². The van der Waals surface area contributed by atoms with Gasteiger partial charge in [0.1, 0.15) is 5.82 Å². The Balaban J connectivity index is 1.85. The maximum Gasteiger partial charge on any atom is 0.336 e. The Morgan fingerprint density at radius 1 is 1.07 bits per heavy atom. The number of pyridine rings is 1. The summed E-state index contributed by atoms with van der Waals surface area (Å²) in [4.78, 5) is 32.5. The number of benzene rings is 1. The van der Waals surface area contributed by atoms with Crippen molar-refractivity contribution in [3.63, 3.8) is 0 Å². The first kappa shape index (κ1) is 20.4. The Labute approximate surface area is 169 Å². The Kier molecular flexibility index (Phi) is 6.49. The minimum absolute atomic E-state index is 0.0443. The summed E-state index contributed by atoms with van der Waals surface area (Å²) in [6.07, 6.45) is 4.20. The Morgan fingerprint density at radius 3 is 2.52 bits per heavy atom. The molecule has 0 radical (unpaired) electrons. The molecule has 0 aliphatic rings. The lowest BCUT2D eigenvalue weighted by Crippen LogP contribution is -2.07. The third-order valence-corrected chi connectivity index (χ3v) is 4.54. The zero-order valence-corrected chi connectivity index (χ0v) is 16.6. The molecule has 1 N–H and O–H groups in total. The topological polar surface area (TPSA) is 98.0 Å². The van der Waals surface area contributed by atoms with Crippen LogP contribution in [0.4, 0.5) is 0 Å². The average Bonchev–Trinajstić information content (AvgIpc) is 3.12. The number of carboxylic acid groups (broad SMARTS) is 1. The quantitative estimate of drug-likeness (QED) is 0.552. The molecule has 29 heavy (non-hydrogen) atoms. The summed E-state index contributed by atoms with van der Waals surface area (Å²) in [6, 6.07) is 10.6. The van der Waals surface area contributed by atoms with Gasteiger partial charge < -0.3 is 5.11 Å². The molecule has 0 amide bonds. The molecule has 0 spiro atoms. The molecule has 0 fully saturated rings. The van der Waals surface area contributed by atoms with Gasteiger partial charge in [-0.15, -0.1) is 5.10 Å². The number of carbonyl (C=O) groups excluding carboxylic acids is 1. The Bertz CT molecular complexity index is 1010. The van der Waals surface area contributed by atoms with E-state index in [9.17, 15) is 14.7 Å². The van der Waals surface area contributed by atoms with Gasteiger partial charge >= 0.3 is 5.97 Å². The third kappa shape index (κ3) is 4.74. The van der Waals surface area contributed by atoms with Crippen LogP contribution in [0.3, 0.4) is 0 Å². The van der Waals surface area contributed by atoms with Gasteiger partial charge in [-0.3, -0.25) is 9.78 Å². The second kappa shape index (κ2) is 9.23. The van der Waals surface area contributed by atoms with Crippen LogP contribution >= 0.6 is 0 Å². The molecule has 0 atom stereocenters. The zero-order chi connectivity index (χ0) is 20.8. The van der Waals surface area contributed by atoms with Crippen molar-refractivity contribution in [3.05, 3.63) is 65.5 Å². The summed E-state index contributed by atoms with van der Waals surface area (Å²) in [5, 5.41) is 13.8.